The van der Waals surface area contributed by atoms with Crippen molar-refractivity contribution < 1.29 is 5.11 Å². The van der Waals surface area contributed by atoms with E-state index in [1.807, 2.05) is 29.4 Å². The largest absolute Gasteiger partial charge is 0.394 e. The Morgan fingerprint density at radius 2 is 2.12 bits per heavy atom. The molecule has 1 aliphatic rings. The van der Waals surface area contributed by atoms with Crippen molar-refractivity contribution in [1.29, 1.82) is 5.26 Å². The number of aliphatic hydroxyl groups excluding tert-OH is 1. The molecule has 1 aromatic heterocycles. The number of thiazole rings is 1. The van der Waals surface area contributed by atoms with E-state index in [0.29, 0.717) is 0 Å². The van der Waals surface area contributed by atoms with Gasteiger partial charge in [0, 0.05) is 11.3 Å². The van der Waals surface area contributed by atoms with Crippen LogP contribution in [0.25, 0.3) is 6.08 Å². The normalized spacial score (nSPS) is 23.2. The van der Waals surface area contributed by atoms with E-state index in [0.717, 1.165) is 28.4 Å². The molecule has 3 rings (SSSR count). The second-order valence-electron chi connectivity index (χ2n) is 5.90. The molecular formula is C19H21N3OS. The molecule has 5 heteroatoms. The molecule has 4 nitrogen and oxygen atoms in total. The average Bonchev–Trinajstić information content (AvgIpc) is 3.05. The molecule has 0 aliphatic carbocycles. The number of nitriles is 1. The molecule has 2 aromatic rings. The molecule has 0 saturated carbocycles. The molecule has 1 fully saturated rings. The standard InChI is InChI=1S/C19H21N3OS/c1-3-5-13-6-8-14(9-7-13)18-16(10-20)22(17(18)11-23)19-21-15(4-2)12-24-19/h3,5-9,12,16-18,23H,4,11H2,1-2H3/b5-3+/t16-,17+,18-/m1/s1. The summed E-state index contributed by atoms with van der Waals surface area (Å²) < 4.78 is 0. The SMILES string of the molecule is C/C=C/c1ccc([C@@H]2[C@@H](C#N)N(c3nc(CC)cs3)[C@H]2CO)cc1. The molecule has 0 spiro atoms. The first-order chi connectivity index (χ1) is 11.7. The van der Waals surface area contributed by atoms with Gasteiger partial charge in [-0.3, -0.25) is 0 Å². The van der Waals surface area contributed by atoms with Gasteiger partial charge in [-0.1, -0.05) is 43.3 Å². The fourth-order valence-corrected chi connectivity index (χ4v) is 4.27. The molecule has 3 atom stereocenters. The summed E-state index contributed by atoms with van der Waals surface area (Å²) >= 11 is 1.55. The quantitative estimate of drug-likeness (QED) is 0.904. The molecule has 1 aliphatic heterocycles. The molecule has 24 heavy (non-hydrogen) atoms. The Morgan fingerprint density at radius 3 is 2.67 bits per heavy atom. The first kappa shape index (κ1) is 16.7. The van der Waals surface area contributed by atoms with Crippen LogP contribution in [0.5, 0.6) is 0 Å². The van der Waals surface area contributed by atoms with Crippen LogP contribution in [0.4, 0.5) is 5.13 Å². The molecule has 1 N–H and O–H groups in total. The molecule has 0 unspecified atom stereocenters. The van der Waals surface area contributed by atoms with Gasteiger partial charge in [-0.2, -0.15) is 5.26 Å². The summed E-state index contributed by atoms with van der Waals surface area (Å²) in [6.07, 6.45) is 4.92. The van der Waals surface area contributed by atoms with Gasteiger partial charge in [0.25, 0.3) is 0 Å². The Kier molecular flexibility index (Phi) is 4.98. The van der Waals surface area contributed by atoms with Crippen LogP contribution >= 0.6 is 11.3 Å². The van der Waals surface area contributed by atoms with E-state index in [1.54, 1.807) is 11.3 Å². The predicted octanol–water partition coefficient (Wildman–Crippen LogP) is 3.60. The lowest BCUT2D eigenvalue weighted by Gasteiger charge is -2.51. The zero-order valence-corrected chi connectivity index (χ0v) is 14.7. The number of aliphatic hydroxyl groups is 1. The van der Waals surface area contributed by atoms with Crippen molar-refractivity contribution in [2.45, 2.75) is 38.3 Å². The van der Waals surface area contributed by atoms with Crippen molar-refractivity contribution in [3.63, 3.8) is 0 Å². The molecule has 1 saturated heterocycles. The van der Waals surface area contributed by atoms with Crippen LogP contribution in [-0.2, 0) is 6.42 Å². The van der Waals surface area contributed by atoms with Gasteiger partial charge in [0.05, 0.1) is 24.4 Å². The number of hydrogen-bond acceptors (Lipinski definition) is 5. The third-order valence-corrected chi connectivity index (χ3v) is 5.44. The number of anilines is 1. The second-order valence-corrected chi connectivity index (χ2v) is 6.74. The fraction of sp³-hybridized carbons (Fsp3) is 0.368. The minimum absolute atomic E-state index is 0.00799. The first-order valence-corrected chi connectivity index (χ1v) is 9.07. The molecular weight excluding hydrogens is 318 g/mol. The van der Waals surface area contributed by atoms with Crippen molar-refractivity contribution in [2.75, 3.05) is 11.5 Å². The first-order valence-electron chi connectivity index (χ1n) is 8.19. The summed E-state index contributed by atoms with van der Waals surface area (Å²) in [7, 11) is 0. The highest BCUT2D eigenvalue weighted by Gasteiger charge is 2.50. The maximum Gasteiger partial charge on any atom is 0.186 e. The van der Waals surface area contributed by atoms with Crippen LogP contribution in [-0.4, -0.2) is 28.8 Å². The Bertz CT molecular complexity index is 760. The Hall–Kier alpha value is -2.16. The van der Waals surface area contributed by atoms with E-state index < -0.39 is 0 Å². The van der Waals surface area contributed by atoms with E-state index in [1.165, 1.54) is 0 Å². The van der Waals surface area contributed by atoms with E-state index in [-0.39, 0.29) is 24.6 Å². The van der Waals surface area contributed by atoms with E-state index in [9.17, 15) is 10.4 Å². The van der Waals surface area contributed by atoms with Crippen LogP contribution < -0.4 is 4.90 Å². The monoisotopic (exact) mass is 339 g/mol. The number of hydrogen-bond donors (Lipinski definition) is 1. The third-order valence-electron chi connectivity index (χ3n) is 4.53. The van der Waals surface area contributed by atoms with Crippen LogP contribution in [0, 0.1) is 11.3 Å². The smallest absolute Gasteiger partial charge is 0.186 e. The topological polar surface area (TPSA) is 60.2 Å². The maximum absolute atomic E-state index is 9.88. The molecule has 2 heterocycles. The van der Waals surface area contributed by atoms with Gasteiger partial charge in [0.2, 0.25) is 0 Å². The zero-order valence-electron chi connectivity index (χ0n) is 13.9. The Balaban J connectivity index is 1.87. The highest BCUT2D eigenvalue weighted by Crippen LogP contribution is 2.44. The minimum atomic E-state index is -0.287. The fourth-order valence-electron chi connectivity index (χ4n) is 3.27. The zero-order chi connectivity index (χ0) is 17.1. The maximum atomic E-state index is 9.88. The summed E-state index contributed by atoms with van der Waals surface area (Å²) in [5.74, 6) is 0.00799. The molecule has 0 radical (unpaired) electrons. The van der Waals surface area contributed by atoms with Gasteiger partial charge < -0.3 is 10.0 Å². The van der Waals surface area contributed by atoms with Crippen molar-refractivity contribution >= 4 is 22.5 Å². The number of aromatic nitrogens is 1. The lowest BCUT2D eigenvalue weighted by Crippen LogP contribution is -2.63. The van der Waals surface area contributed by atoms with Crippen LogP contribution in [0.15, 0.2) is 35.7 Å². The molecule has 0 amide bonds. The molecule has 1 aromatic carbocycles. The van der Waals surface area contributed by atoms with Crippen molar-refractivity contribution in [2.24, 2.45) is 0 Å². The second kappa shape index (κ2) is 7.16. The lowest BCUT2D eigenvalue weighted by atomic mass is 9.76. The summed E-state index contributed by atoms with van der Waals surface area (Å²) in [5.41, 5.74) is 3.26. The van der Waals surface area contributed by atoms with Crippen LogP contribution in [0.2, 0.25) is 0 Å². The number of benzene rings is 1. The molecule has 0 bridgehead atoms. The van der Waals surface area contributed by atoms with Gasteiger partial charge in [0.1, 0.15) is 6.04 Å². The van der Waals surface area contributed by atoms with E-state index >= 15 is 0 Å². The van der Waals surface area contributed by atoms with Gasteiger partial charge in [-0.05, 0) is 24.5 Å². The summed E-state index contributed by atoms with van der Waals surface area (Å²) in [6, 6.07) is 10.2. The van der Waals surface area contributed by atoms with Gasteiger partial charge >= 0.3 is 0 Å². The minimum Gasteiger partial charge on any atom is -0.394 e. The lowest BCUT2D eigenvalue weighted by molar-refractivity contribution is 0.187. The van der Waals surface area contributed by atoms with Crippen molar-refractivity contribution in [3.8, 4) is 6.07 Å². The van der Waals surface area contributed by atoms with Gasteiger partial charge in [-0.25, -0.2) is 4.98 Å². The van der Waals surface area contributed by atoms with Crippen LogP contribution in [0.1, 0.15) is 36.6 Å². The van der Waals surface area contributed by atoms with E-state index in [4.69, 9.17) is 0 Å². The summed E-state index contributed by atoms with van der Waals surface area (Å²) in [4.78, 5) is 6.55. The number of rotatable bonds is 5. The third kappa shape index (κ3) is 2.83. The summed E-state index contributed by atoms with van der Waals surface area (Å²) in [6.45, 7) is 4.07. The van der Waals surface area contributed by atoms with Gasteiger partial charge in [-0.15, -0.1) is 11.3 Å². The number of allylic oxidation sites excluding steroid dienone is 1. The molecule has 124 valence electrons. The van der Waals surface area contributed by atoms with Crippen LogP contribution in [0.3, 0.4) is 0 Å². The highest BCUT2D eigenvalue weighted by atomic mass is 32.1. The predicted molar refractivity (Wildman–Crippen MR) is 98.1 cm³/mol. The van der Waals surface area contributed by atoms with Crippen molar-refractivity contribution in [1.82, 2.24) is 4.98 Å². The van der Waals surface area contributed by atoms with Crippen molar-refractivity contribution in [3.05, 3.63) is 52.5 Å². The number of aryl methyl sites for hydroxylation is 1. The van der Waals surface area contributed by atoms with E-state index in [2.05, 4.69) is 42.2 Å². The Morgan fingerprint density at radius 1 is 1.38 bits per heavy atom. The van der Waals surface area contributed by atoms with Gasteiger partial charge in [0.15, 0.2) is 5.13 Å². The Labute approximate surface area is 146 Å². The highest BCUT2D eigenvalue weighted by molar-refractivity contribution is 7.13. The number of nitrogens with zero attached hydrogens (tertiary/aromatic N) is 3. The average molecular weight is 339 g/mol. The summed E-state index contributed by atoms with van der Waals surface area (Å²) in [5, 5.41) is 22.4.